The maximum Gasteiger partial charge on any atom is 0.131 e. The Kier molecular flexibility index (Phi) is 5.46. The minimum atomic E-state index is 0.362. The molecule has 1 aliphatic heterocycles. The fraction of sp³-hybridized carbons (Fsp3) is 0.500. The van der Waals surface area contributed by atoms with Crippen molar-refractivity contribution in [3.63, 3.8) is 0 Å². The highest BCUT2D eigenvalue weighted by molar-refractivity contribution is 5.31. The molecule has 24 heavy (non-hydrogen) atoms. The Morgan fingerprint density at radius 2 is 2.12 bits per heavy atom. The van der Waals surface area contributed by atoms with Gasteiger partial charge in [-0.1, -0.05) is 32.4 Å². The quantitative estimate of drug-likeness (QED) is 0.820. The number of benzene rings is 1. The first-order valence-corrected chi connectivity index (χ1v) is 8.87. The molecule has 0 aliphatic carbocycles. The average Bonchev–Trinajstić information content (AvgIpc) is 2.62. The number of rotatable bonds is 5. The highest BCUT2D eigenvalue weighted by Gasteiger charge is 2.24. The smallest absolute Gasteiger partial charge is 0.131 e. The molecule has 0 bridgehead atoms. The van der Waals surface area contributed by atoms with Crippen molar-refractivity contribution >= 4 is 0 Å². The number of hydrogen-bond donors (Lipinski definition) is 0. The topological polar surface area (TPSA) is 38.2 Å². The van der Waals surface area contributed by atoms with Crippen molar-refractivity contribution in [2.75, 3.05) is 13.7 Å². The third-order valence-electron chi connectivity index (χ3n) is 4.71. The third-order valence-corrected chi connectivity index (χ3v) is 4.71. The molecule has 0 N–H and O–H groups in total. The normalized spacial score (nSPS) is 18.8. The van der Waals surface area contributed by atoms with Crippen LogP contribution in [0.15, 0.2) is 36.5 Å². The van der Waals surface area contributed by atoms with Crippen molar-refractivity contribution in [1.82, 2.24) is 14.9 Å². The molecule has 2 aromatic rings. The SMILES string of the molecule is COc1cccc([C@H]2CCCCN2Cc2ccnc(C(C)C)n2)c1. The Balaban J connectivity index is 1.80. The van der Waals surface area contributed by atoms with Gasteiger partial charge in [0.1, 0.15) is 11.6 Å². The summed E-state index contributed by atoms with van der Waals surface area (Å²) in [6, 6.07) is 11.0. The van der Waals surface area contributed by atoms with E-state index in [-0.39, 0.29) is 0 Å². The van der Waals surface area contributed by atoms with Crippen LogP contribution < -0.4 is 4.74 Å². The van der Waals surface area contributed by atoms with Crippen molar-refractivity contribution in [3.8, 4) is 5.75 Å². The van der Waals surface area contributed by atoms with E-state index in [1.165, 1.54) is 24.8 Å². The summed E-state index contributed by atoms with van der Waals surface area (Å²) in [6.07, 6.45) is 5.61. The van der Waals surface area contributed by atoms with Crippen LogP contribution in [0.5, 0.6) is 5.75 Å². The van der Waals surface area contributed by atoms with Gasteiger partial charge in [0, 0.05) is 24.7 Å². The lowest BCUT2D eigenvalue weighted by atomic mass is 9.95. The van der Waals surface area contributed by atoms with Crippen molar-refractivity contribution in [3.05, 3.63) is 53.6 Å². The Bertz CT molecular complexity index is 671. The summed E-state index contributed by atoms with van der Waals surface area (Å²) < 4.78 is 5.40. The van der Waals surface area contributed by atoms with Gasteiger partial charge in [0.15, 0.2) is 0 Å². The van der Waals surface area contributed by atoms with Gasteiger partial charge in [0.25, 0.3) is 0 Å². The monoisotopic (exact) mass is 325 g/mol. The summed E-state index contributed by atoms with van der Waals surface area (Å²) in [5, 5.41) is 0. The lowest BCUT2D eigenvalue weighted by Gasteiger charge is -2.36. The van der Waals surface area contributed by atoms with Crippen LogP contribution in [0.1, 0.15) is 62.2 Å². The predicted molar refractivity (Wildman–Crippen MR) is 96.1 cm³/mol. The lowest BCUT2D eigenvalue weighted by Crippen LogP contribution is -2.33. The van der Waals surface area contributed by atoms with Crippen LogP contribution in [0.25, 0.3) is 0 Å². The zero-order chi connectivity index (χ0) is 16.9. The second-order valence-corrected chi connectivity index (χ2v) is 6.82. The zero-order valence-electron chi connectivity index (χ0n) is 14.9. The van der Waals surface area contributed by atoms with Crippen LogP contribution in [-0.4, -0.2) is 28.5 Å². The number of methoxy groups -OCH3 is 1. The number of likely N-dealkylation sites (tertiary alicyclic amines) is 1. The van der Waals surface area contributed by atoms with Gasteiger partial charge in [-0.05, 0) is 43.1 Å². The number of ether oxygens (including phenoxy) is 1. The molecule has 4 nitrogen and oxygen atoms in total. The maximum atomic E-state index is 5.40. The zero-order valence-corrected chi connectivity index (χ0v) is 14.9. The molecule has 2 heterocycles. The molecule has 1 aromatic heterocycles. The summed E-state index contributed by atoms with van der Waals surface area (Å²) in [6.45, 7) is 6.27. The number of aromatic nitrogens is 2. The Hall–Kier alpha value is -1.94. The number of nitrogens with zero attached hydrogens (tertiary/aromatic N) is 3. The minimum absolute atomic E-state index is 0.362. The molecule has 1 fully saturated rings. The molecule has 1 atom stereocenters. The number of hydrogen-bond acceptors (Lipinski definition) is 4. The van der Waals surface area contributed by atoms with Gasteiger partial charge in [0.2, 0.25) is 0 Å². The Morgan fingerprint density at radius 3 is 2.92 bits per heavy atom. The average molecular weight is 325 g/mol. The van der Waals surface area contributed by atoms with Crippen molar-refractivity contribution in [2.45, 2.75) is 51.6 Å². The van der Waals surface area contributed by atoms with E-state index in [4.69, 9.17) is 9.72 Å². The Labute approximate surface area is 144 Å². The fourth-order valence-electron chi connectivity index (χ4n) is 3.39. The van der Waals surface area contributed by atoms with Gasteiger partial charge in [-0.15, -0.1) is 0 Å². The van der Waals surface area contributed by atoms with Gasteiger partial charge >= 0.3 is 0 Å². The number of piperidine rings is 1. The molecule has 1 saturated heterocycles. The van der Waals surface area contributed by atoms with Crippen LogP contribution in [0, 0.1) is 0 Å². The second-order valence-electron chi connectivity index (χ2n) is 6.82. The van der Waals surface area contributed by atoms with Gasteiger partial charge in [-0.2, -0.15) is 0 Å². The van der Waals surface area contributed by atoms with Gasteiger partial charge in [-0.3, -0.25) is 4.90 Å². The molecule has 0 amide bonds. The van der Waals surface area contributed by atoms with E-state index in [9.17, 15) is 0 Å². The van der Waals surface area contributed by atoms with Crippen LogP contribution in [0.3, 0.4) is 0 Å². The molecular formula is C20H27N3O. The van der Waals surface area contributed by atoms with E-state index in [2.05, 4.69) is 41.9 Å². The van der Waals surface area contributed by atoms with Crippen LogP contribution in [0.4, 0.5) is 0 Å². The molecule has 4 heteroatoms. The van der Waals surface area contributed by atoms with Gasteiger partial charge in [-0.25, -0.2) is 9.97 Å². The highest BCUT2D eigenvalue weighted by Crippen LogP contribution is 2.33. The largest absolute Gasteiger partial charge is 0.497 e. The molecular weight excluding hydrogens is 298 g/mol. The van der Waals surface area contributed by atoms with Crippen molar-refractivity contribution in [1.29, 1.82) is 0 Å². The third kappa shape index (κ3) is 3.93. The summed E-state index contributed by atoms with van der Waals surface area (Å²) in [5.41, 5.74) is 2.45. The molecule has 0 spiro atoms. The van der Waals surface area contributed by atoms with Crippen LogP contribution >= 0.6 is 0 Å². The lowest BCUT2D eigenvalue weighted by molar-refractivity contribution is 0.138. The first kappa shape index (κ1) is 16.9. The molecule has 0 radical (unpaired) electrons. The van der Waals surface area contributed by atoms with Crippen molar-refractivity contribution < 1.29 is 4.74 Å². The van der Waals surface area contributed by atoms with E-state index in [1.54, 1.807) is 7.11 Å². The second kappa shape index (κ2) is 7.75. The van der Waals surface area contributed by atoms with Crippen molar-refractivity contribution in [2.24, 2.45) is 0 Å². The standard InChI is InChI=1S/C20H27N3O/c1-15(2)20-21-11-10-17(22-20)14-23-12-5-4-9-19(23)16-7-6-8-18(13-16)24-3/h6-8,10-11,13,15,19H,4-5,9,12,14H2,1-3H3/t19-/m1/s1. The summed E-state index contributed by atoms with van der Waals surface area (Å²) >= 11 is 0. The molecule has 128 valence electrons. The predicted octanol–water partition coefficient (Wildman–Crippen LogP) is 4.34. The summed E-state index contributed by atoms with van der Waals surface area (Å²) in [5.74, 6) is 2.23. The Morgan fingerprint density at radius 1 is 1.25 bits per heavy atom. The van der Waals surface area contributed by atoms with E-state index >= 15 is 0 Å². The molecule has 3 rings (SSSR count). The van der Waals surface area contributed by atoms with E-state index < -0.39 is 0 Å². The first-order chi connectivity index (χ1) is 11.7. The summed E-state index contributed by atoms with van der Waals surface area (Å²) in [4.78, 5) is 11.7. The maximum absolute atomic E-state index is 5.40. The van der Waals surface area contributed by atoms with Crippen LogP contribution in [-0.2, 0) is 6.54 Å². The molecule has 0 unspecified atom stereocenters. The van der Waals surface area contributed by atoms with E-state index in [1.807, 2.05) is 18.3 Å². The summed E-state index contributed by atoms with van der Waals surface area (Å²) in [7, 11) is 1.73. The van der Waals surface area contributed by atoms with Gasteiger partial charge in [0.05, 0.1) is 12.8 Å². The molecule has 1 aromatic carbocycles. The minimum Gasteiger partial charge on any atom is -0.497 e. The first-order valence-electron chi connectivity index (χ1n) is 8.87. The van der Waals surface area contributed by atoms with Crippen LogP contribution in [0.2, 0.25) is 0 Å². The van der Waals surface area contributed by atoms with E-state index in [0.717, 1.165) is 30.4 Å². The molecule has 0 saturated carbocycles. The molecule has 1 aliphatic rings. The highest BCUT2D eigenvalue weighted by atomic mass is 16.5. The van der Waals surface area contributed by atoms with E-state index in [0.29, 0.717) is 12.0 Å². The van der Waals surface area contributed by atoms with Gasteiger partial charge < -0.3 is 4.74 Å². The fourth-order valence-corrected chi connectivity index (χ4v) is 3.39.